The van der Waals surface area contributed by atoms with Crippen molar-refractivity contribution in [2.24, 2.45) is 0 Å². The molecule has 0 saturated heterocycles. The standard InChI is InChI=1S/C12H11FN2OS/c1-15(12(16)11-7-17-8-14-11)6-9-3-2-4-10(13)5-9/h2-5,7-8H,6H2,1H3. The Labute approximate surface area is 103 Å². The lowest BCUT2D eigenvalue weighted by Crippen LogP contribution is -2.26. The lowest BCUT2D eigenvalue weighted by Gasteiger charge is -2.15. The van der Waals surface area contributed by atoms with Crippen LogP contribution in [0.4, 0.5) is 4.39 Å². The fourth-order valence-corrected chi connectivity index (χ4v) is 2.02. The van der Waals surface area contributed by atoms with Crippen molar-refractivity contribution < 1.29 is 9.18 Å². The minimum Gasteiger partial charge on any atom is -0.336 e. The summed E-state index contributed by atoms with van der Waals surface area (Å²) in [6.45, 7) is 0.369. The smallest absolute Gasteiger partial charge is 0.273 e. The van der Waals surface area contributed by atoms with Crippen LogP contribution in [0.3, 0.4) is 0 Å². The highest BCUT2D eigenvalue weighted by atomic mass is 32.1. The van der Waals surface area contributed by atoms with Gasteiger partial charge in [0.05, 0.1) is 5.51 Å². The van der Waals surface area contributed by atoms with Gasteiger partial charge in [-0.3, -0.25) is 4.79 Å². The number of rotatable bonds is 3. The second kappa shape index (κ2) is 5.05. The topological polar surface area (TPSA) is 33.2 Å². The monoisotopic (exact) mass is 250 g/mol. The first kappa shape index (κ1) is 11.7. The molecule has 1 heterocycles. The highest BCUT2D eigenvalue weighted by Crippen LogP contribution is 2.09. The van der Waals surface area contributed by atoms with E-state index >= 15 is 0 Å². The molecule has 0 aliphatic carbocycles. The van der Waals surface area contributed by atoms with E-state index in [0.717, 1.165) is 5.56 Å². The zero-order chi connectivity index (χ0) is 12.3. The van der Waals surface area contributed by atoms with E-state index in [9.17, 15) is 9.18 Å². The van der Waals surface area contributed by atoms with E-state index < -0.39 is 0 Å². The predicted molar refractivity (Wildman–Crippen MR) is 64.3 cm³/mol. The number of thiazole rings is 1. The van der Waals surface area contributed by atoms with Crippen LogP contribution in [0.25, 0.3) is 0 Å². The van der Waals surface area contributed by atoms with Crippen molar-refractivity contribution in [3.8, 4) is 0 Å². The van der Waals surface area contributed by atoms with Crippen LogP contribution < -0.4 is 0 Å². The Morgan fingerprint density at radius 3 is 3.00 bits per heavy atom. The fraction of sp³-hybridized carbons (Fsp3) is 0.167. The van der Waals surface area contributed by atoms with Gasteiger partial charge in [-0.25, -0.2) is 9.37 Å². The number of halogens is 1. The van der Waals surface area contributed by atoms with Crippen molar-refractivity contribution in [2.45, 2.75) is 6.54 Å². The van der Waals surface area contributed by atoms with Crippen LogP contribution in [0.1, 0.15) is 16.1 Å². The van der Waals surface area contributed by atoms with Crippen molar-refractivity contribution in [1.29, 1.82) is 0 Å². The first-order valence-corrected chi connectivity index (χ1v) is 5.99. The van der Waals surface area contributed by atoms with Gasteiger partial charge in [0.25, 0.3) is 5.91 Å². The van der Waals surface area contributed by atoms with Crippen molar-refractivity contribution in [2.75, 3.05) is 7.05 Å². The zero-order valence-electron chi connectivity index (χ0n) is 9.26. The SMILES string of the molecule is CN(Cc1cccc(F)c1)C(=O)c1cscn1. The largest absolute Gasteiger partial charge is 0.336 e. The van der Waals surface area contributed by atoms with Gasteiger partial charge in [0, 0.05) is 19.0 Å². The third-order valence-electron chi connectivity index (χ3n) is 2.31. The normalized spacial score (nSPS) is 10.2. The van der Waals surface area contributed by atoms with Gasteiger partial charge in [0.2, 0.25) is 0 Å². The zero-order valence-corrected chi connectivity index (χ0v) is 10.1. The summed E-state index contributed by atoms with van der Waals surface area (Å²) in [4.78, 5) is 17.3. The van der Waals surface area contributed by atoms with E-state index in [1.807, 2.05) is 0 Å². The summed E-state index contributed by atoms with van der Waals surface area (Å²) < 4.78 is 13.0. The van der Waals surface area contributed by atoms with Gasteiger partial charge in [-0.2, -0.15) is 0 Å². The molecule has 1 amide bonds. The molecule has 88 valence electrons. The maximum atomic E-state index is 13.0. The molecule has 3 nitrogen and oxygen atoms in total. The summed E-state index contributed by atoms with van der Waals surface area (Å²) in [5, 5.41) is 1.70. The third-order valence-corrected chi connectivity index (χ3v) is 2.89. The van der Waals surface area contributed by atoms with Crippen LogP contribution in [-0.4, -0.2) is 22.8 Å². The first-order valence-electron chi connectivity index (χ1n) is 5.05. The van der Waals surface area contributed by atoms with E-state index in [1.54, 1.807) is 30.1 Å². The maximum Gasteiger partial charge on any atom is 0.273 e. The lowest BCUT2D eigenvalue weighted by molar-refractivity contribution is 0.0780. The van der Waals surface area contributed by atoms with Crippen LogP contribution in [0.2, 0.25) is 0 Å². The van der Waals surface area contributed by atoms with Crippen molar-refractivity contribution in [3.63, 3.8) is 0 Å². The minimum absolute atomic E-state index is 0.157. The highest BCUT2D eigenvalue weighted by Gasteiger charge is 2.13. The van der Waals surface area contributed by atoms with Gasteiger partial charge in [-0.1, -0.05) is 12.1 Å². The Morgan fingerprint density at radius 1 is 1.53 bits per heavy atom. The molecule has 5 heteroatoms. The number of hydrogen-bond acceptors (Lipinski definition) is 3. The molecule has 2 aromatic rings. The number of hydrogen-bond donors (Lipinski definition) is 0. The van der Waals surface area contributed by atoms with E-state index in [4.69, 9.17) is 0 Å². The van der Waals surface area contributed by atoms with Crippen molar-refractivity contribution in [1.82, 2.24) is 9.88 Å². The molecule has 0 aliphatic heterocycles. The number of benzene rings is 1. The molecule has 0 bridgehead atoms. The van der Waals surface area contributed by atoms with E-state index in [0.29, 0.717) is 12.2 Å². The Morgan fingerprint density at radius 2 is 2.35 bits per heavy atom. The van der Waals surface area contributed by atoms with E-state index in [-0.39, 0.29) is 11.7 Å². The average Bonchev–Trinajstić information content (AvgIpc) is 2.81. The molecule has 0 unspecified atom stereocenters. The molecule has 0 atom stereocenters. The summed E-state index contributed by atoms with van der Waals surface area (Å²) >= 11 is 1.38. The molecule has 1 aromatic heterocycles. The second-order valence-corrected chi connectivity index (χ2v) is 4.38. The van der Waals surface area contributed by atoms with Gasteiger partial charge >= 0.3 is 0 Å². The Balaban J connectivity index is 2.07. The van der Waals surface area contributed by atoms with E-state index in [2.05, 4.69) is 4.98 Å². The Bertz CT molecular complexity index is 513. The Kier molecular flexibility index (Phi) is 3.49. The van der Waals surface area contributed by atoms with Crippen molar-refractivity contribution in [3.05, 3.63) is 52.2 Å². The van der Waals surface area contributed by atoms with Crippen LogP contribution in [0.5, 0.6) is 0 Å². The number of carbonyl (C=O) groups excluding carboxylic acids is 1. The van der Waals surface area contributed by atoms with Gasteiger partial charge in [-0.05, 0) is 17.7 Å². The Hall–Kier alpha value is -1.75. The fourth-order valence-electron chi connectivity index (χ4n) is 1.49. The first-order chi connectivity index (χ1) is 8.16. The average molecular weight is 250 g/mol. The number of amides is 1. The summed E-state index contributed by atoms with van der Waals surface area (Å²) in [5.74, 6) is -0.451. The highest BCUT2D eigenvalue weighted by molar-refractivity contribution is 7.07. The molecule has 17 heavy (non-hydrogen) atoms. The molecule has 0 spiro atoms. The molecule has 2 rings (SSSR count). The summed E-state index contributed by atoms with van der Waals surface area (Å²) in [7, 11) is 1.67. The molecular formula is C12H11FN2OS. The summed E-state index contributed by atoms with van der Waals surface area (Å²) in [6.07, 6.45) is 0. The molecule has 0 radical (unpaired) electrons. The van der Waals surface area contributed by atoms with Gasteiger partial charge in [0.1, 0.15) is 11.5 Å². The summed E-state index contributed by atoms with van der Waals surface area (Å²) in [6, 6.07) is 6.22. The van der Waals surface area contributed by atoms with E-state index in [1.165, 1.54) is 28.4 Å². The van der Waals surface area contributed by atoms with Gasteiger partial charge in [0.15, 0.2) is 0 Å². The number of aromatic nitrogens is 1. The van der Waals surface area contributed by atoms with Gasteiger partial charge in [-0.15, -0.1) is 11.3 Å². The van der Waals surface area contributed by atoms with Crippen LogP contribution in [0.15, 0.2) is 35.2 Å². The molecule has 0 aliphatic rings. The molecule has 0 saturated carbocycles. The third kappa shape index (κ3) is 2.88. The number of nitrogens with zero attached hydrogens (tertiary/aromatic N) is 2. The molecular weight excluding hydrogens is 239 g/mol. The van der Waals surface area contributed by atoms with Crippen LogP contribution in [0, 0.1) is 5.82 Å². The maximum absolute atomic E-state index is 13.0. The predicted octanol–water partition coefficient (Wildman–Crippen LogP) is 2.55. The quantitative estimate of drug-likeness (QED) is 0.838. The minimum atomic E-state index is -0.294. The van der Waals surface area contributed by atoms with Crippen LogP contribution in [-0.2, 0) is 6.54 Å². The lowest BCUT2D eigenvalue weighted by atomic mass is 10.2. The second-order valence-electron chi connectivity index (χ2n) is 3.66. The molecule has 0 N–H and O–H groups in total. The van der Waals surface area contributed by atoms with Gasteiger partial charge < -0.3 is 4.90 Å². The molecule has 1 aromatic carbocycles. The summed E-state index contributed by atoms with van der Waals surface area (Å²) in [5.41, 5.74) is 2.80. The molecule has 0 fully saturated rings. The number of carbonyl (C=O) groups is 1. The van der Waals surface area contributed by atoms with Crippen molar-refractivity contribution >= 4 is 17.2 Å². The van der Waals surface area contributed by atoms with Crippen LogP contribution >= 0.6 is 11.3 Å².